The molecular weight excluding hydrogens is 233 g/mol. The second kappa shape index (κ2) is 4.88. The molecule has 0 aromatic heterocycles. The highest BCUT2D eigenvalue weighted by Crippen LogP contribution is 2.24. The van der Waals surface area contributed by atoms with E-state index in [0.717, 1.165) is 0 Å². The number of halogens is 2. The highest BCUT2D eigenvalue weighted by atomic mass is 79.9. The molecule has 1 aromatic rings. The summed E-state index contributed by atoms with van der Waals surface area (Å²) in [7, 11) is 0. The van der Waals surface area contributed by atoms with Crippen molar-refractivity contribution < 1.29 is 4.39 Å². The molecule has 0 aliphatic carbocycles. The molecule has 68 valence electrons. The predicted molar refractivity (Wildman–Crippen MR) is 56.0 cm³/mol. The summed E-state index contributed by atoms with van der Waals surface area (Å²) in [6, 6.07) is 4.83. The predicted octanol–water partition coefficient (Wildman–Crippen LogP) is 3.02. The van der Waals surface area contributed by atoms with Crippen LogP contribution in [-0.2, 0) is 0 Å². The lowest BCUT2D eigenvalue weighted by molar-refractivity contribution is 0.629. The van der Waals surface area contributed by atoms with Crippen LogP contribution in [0.4, 0.5) is 10.1 Å². The largest absolute Gasteiger partial charge is 0.381 e. The number of hydrogen-bond acceptors (Lipinski definition) is 1. The zero-order chi connectivity index (χ0) is 9.68. The first kappa shape index (κ1) is 10.1. The number of terminal acetylenes is 1. The van der Waals surface area contributed by atoms with Gasteiger partial charge in [0.25, 0.3) is 0 Å². The van der Waals surface area contributed by atoms with Crippen LogP contribution in [0.25, 0.3) is 0 Å². The molecule has 0 aliphatic rings. The normalized spacial score (nSPS) is 9.31. The number of hydrogen-bond donors (Lipinski definition) is 1. The van der Waals surface area contributed by atoms with Crippen molar-refractivity contribution in [1.29, 1.82) is 0 Å². The van der Waals surface area contributed by atoms with Gasteiger partial charge in [-0.25, -0.2) is 4.39 Å². The van der Waals surface area contributed by atoms with Crippen molar-refractivity contribution in [2.45, 2.75) is 6.42 Å². The zero-order valence-electron chi connectivity index (χ0n) is 6.98. The Kier molecular flexibility index (Phi) is 3.78. The fourth-order valence-corrected chi connectivity index (χ4v) is 1.41. The van der Waals surface area contributed by atoms with Crippen LogP contribution < -0.4 is 5.32 Å². The molecule has 0 fully saturated rings. The van der Waals surface area contributed by atoms with E-state index in [1.807, 2.05) is 0 Å². The highest BCUT2D eigenvalue weighted by Gasteiger charge is 2.03. The molecule has 0 heterocycles. The summed E-state index contributed by atoms with van der Waals surface area (Å²) < 4.78 is 13.8. The van der Waals surface area contributed by atoms with Crippen LogP contribution in [0.1, 0.15) is 6.42 Å². The molecule has 0 atom stereocenters. The van der Waals surface area contributed by atoms with Crippen LogP contribution in [0.3, 0.4) is 0 Å². The van der Waals surface area contributed by atoms with Gasteiger partial charge < -0.3 is 5.32 Å². The van der Waals surface area contributed by atoms with Crippen molar-refractivity contribution in [2.24, 2.45) is 0 Å². The van der Waals surface area contributed by atoms with Gasteiger partial charge >= 0.3 is 0 Å². The van der Waals surface area contributed by atoms with Crippen LogP contribution in [0.15, 0.2) is 22.7 Å². The van der Waals surface area contributed by atoms with Crippen LogP contribution in [0, 0.1) is 18.2 Å². The van der Waals surface area contributed by atoms with Crippen molar-refractivity contribution in [2.75, 3.05) is 11.9 Å². The monoisotopic (exact) mass is 241 g/mol. The quantitative estimate of drug-likeness (QED) is 0.634. The van der Waals surface area contributed by atoms with E-state index in [1.165, 1.54) is 6.07 Å². The molecule has 0 bridgehead atoms. The molecule has 0 radical (unpaired) electrons. The molecule has 1 N–H and O–H groups in total. The van der Waals surface area contributed by atoms with Gasteiger partial charge in [0.05, 0.1) is 5.69 Å². The molecule has 0 unspecified atom stereocenters. The summed E-state index contributed by atoms with van der Waals surface area (Å²) in [6.07, 6.45) is 5.66. The van der Waals surface area contributed by atoms with Gasteiger partial charge in [0.1, 0.15) is 5.82 Å². The van der Waals surface area contributed by atoms with Gasteiger partial charge in [-0.05, 0) is 28.1 Å². The Morgan fingerprint density at radius 3 is 2.92 bits per heavy atom. The lowest BCUT2D eigenvalue weighted by Crippen LogP contribution is -2.02. The number of anilines is 1. The first-order valence-electron chi connectivity index (χ1n) is 3.87. The first-order chi connectivity index (χ1) is 6.25. The van der Waals surface area contributed by atoms with E-state index >= 15 is 0 Å². The number of rotatable bonds is 3. The van der Waals surface area contributed by atoms with Gasteiger partial charge in [0.2, 0.25) is 0 Å². The average molecular weight is 242 g/mol. The Bertz CT molecular complexity index is 310. The maximum atomic E-state index is 13.1. The van der Waals surface area contributed by atoms with E-state index < -0.39 is 0 Å². The van der Waals surface area contributed by atoms with Gasteiger partial charge in [0.15, 0.2) is 0 Å². The Morgan fingerprint density at radius 2 is 2.31 bits per heavy atom. The van der Waals surface area contributed by atoms with Gasteiger partial charge in [-0.3, -0.25) is 0 Å². The average Bonchev–Trinajstić information content (AvgIpc) is 2.10. The SMILES string of the molecule is C#CCCNc1c(F)cccc1Br. The number of nitrogens with one attached hydrogen (secondary N) is 1. The van der Waals surface area contributed by atoms with Crippen molar-refractivity contribution >= 4 is 21.6 Å². The van der Waals surface area contributed by atoms with Gasteiger partial charge in [-0.1, -0.05) is 6.07 Å². The van der Waals surface area contributed by atoms with E-state index in [0.29, 0.717) is 23.1 Å². The fourth-order valence-electron chi connectivity index (χ4n) is 0.926. The van der Waals surface area contributed by atoms with Crippen LogP contribution in [0.2, 0.25) is 0 Å². The van der Waals surface area contributed by atoms with Gasteiger partial charge in [0, 0.05) is 17.4 Å². The molecule has 0 spiro atoms. The standard InChI is InChI=1S/C10H9BrFN/c1-2-3-7-13-10-8(11)5-4-6-9(10)12/h1,4-6,13H,3,7H2. The van der Waals surface area contributed by atoms with Crippen molar-refractivity contribution in [3.05, 3.63) is 28.5 Å². The van der Waals surface area contributed by atoms with E-state index in [-0.39, 0.29) is 5.82 Å². The summed E-state index contributed by atoms with van der Waals surface area (Å²) in [5.41, 5.74) is 0.470. The van der Waals surface area contributed by atoms with E-state index in [9.17, 15) is 4.39 Å². The Balaban J connectivity index is 2.71. The summed E-state index contributed by atoms with van der Waals surface area (Å²) in [5.74, 6) is 2.20. The van der Waals surface area contributed by atoms with Gasteiger partial charge in [-0.15, -0.1) is 12.3 Å². The van der Waals surface area contributed by atoms with E-state index in [4.69, 9.17) is 6.42 Å². The molecular formula is C10H9BrFN. The molecule has 0 saturated heterocycles. The molecule has 0 amide bonds. The molecule has 3 heteroatoms. The molecule has 1 nitrogen and oxygen atoms in total. The topological polar surface area (TPSA) is 12.0 Å². The highest BCUT2D eigenvalue weighted by molar-refractivity contribution is 9.10. The number of benzene rings is 1. The maximum absolute atomic E-state index is 13.1. The maximum Gasteiger partial charge on any atom is 0.147 e. The summed E-state index contributed by atoms with van der Waals surface area (Å²) >= 11 is 3.25. The third kappa shape index (κ3) is 2.74. The van der Waals surface area contributed by atoms with Crippen LogP contribution in [-0.4, -0.2) is 6.54 Å². The van der Waals surface area contributed by atoms with E-state index in [1.54, 1.807) is 12.1 Å². The lowest BCUT2D eigenvalue weighted by atomic mass is 10.3. The zero-order valence-corrected chi connectivity index (χ0v) is 8.57. The Morgan fingerprint density at radius 1 is 1.54 bits per heavy atom. The molecule has 0 saturated carbocycles. The minimum Gasteiger partial charge on any atom is -0.381 e. The Hall–Kier alpha value is -1.01. The number of para-hydroxylation sites is 1. The van der Waals surface area contributed by atoms with Crippen molar-refractivity contribution in [3.63, 3.8) is 0 Å². The molecule has 0 aliphatic heterocycles. The third-order valence-electron chi connectivity index (χ3n) is 1.53. The minimum atomic E-state index is -0.272. The Labute approximate surface area is 85.5 Å². The second-order valence-electron chi connectivity index (χ2n) is 2.48. The molecule has 1 rings (SSSR count). The fraction of sp³-hybridized carbons (Fsp3) is 0.200. The molecule has 1 aromatic carbocycles. The van der Waals surface area contributed by atoms with Crippen molar-refractivity contribution in [1.82, 2.24) is 0 Å². The second-order valence-corrected chi connectivity index (χ2v) is 3.33. The van der Waals surface area contributed by atoms with E-state index in [2.05, 4.69) is 27.2 Å². The minimum absolute atomic E-state index is 0.272. The van der Waals surface area contributed by atoms with Crippen molar-refractivity contribution in [3.8, 4) is 12.3 Å². The smallest absolute Gasteiger partial charge is 0.147 e. The summed E-state index contributed by atoms with van der Waals surface area (Å²) in [5, 5.41) is 2.92. The third-order valence-corrected chi connectivity index (χ3v) is 2.19. The molecule has 13 heavy (non-hydrogen) atoms. The summed E-state index contributed by atoms with van der Waals surface area (Å²) in [4.78, 5) is 0. The summed E-state index contributed by atoms with van der Waals surface area (Å²) in [6.45, 7) is 0.579. The van der Waals surface area contributed by atoms with Crippen LogP contribution >= 0.6 is 15.9 Å². The van der Waals surface area contributed by atoms with Gasteiger partial charge in [-0.2, -0.15) is 0 Å². The van der Waals surface area contributed by atoms with Crippen LogP contribution in [0.5, 0.6) is 0 Å². The lowest BCUT2D eigenvalue weighted by Gasteiger charge is -2.07. The first-order valence-corrected chi connectivity index (χ1v) is 4.66.